The highest BCUT2D eigenvalue weighted by molar-refractivity contribution is 4.98. The number of nitrogens with two attached hydrogens (primary N) is 1. The molecular weight excluding hydrogens is 206 g/mol. The topological polar surface area (TPSA) is 73.3 Å². The second-order valence-electron chi connectivity index (χ2n) is 4.18. The van der Waals surface area contributed by atoms with Crippen molar-refractivity contribution < 1.29 is 9.84 Å². The van der Waals surface area contributed by atoms with E-state index in [1.54, 1.807) is 13.3 Å². The molecule has 0 radical (unpaired) electrons. The molecule has 1 aromatic heterocycles. The summed E-state index contributed by atoms with van der Waals surface area (Å²) in [7, 11) is 3.50. The first-order valence-electron chi connectivity index (χ1n) is 5.49. The molecule has 1 atom stereocenters. The van der Waals surface area contributed by atoms with Gasteiger partial charge < -0.3 is 20.1 Å². The third-order valence-corrected chi connectivity index (χ3v) is 2.67. The Morgan fingerprint density at radius 3 is 2.88 bits per heavy atom. The van der Waals surface area contributed by atoms with Crippen LogP contribution < -0.4 is 5.73 Å². The molecule has 5 heteroatoms. The van der Waals surface area contributed by atoms with Crippen LogP contribution in [0.5, 0.6) is 0 Å². The Balaban J connectivity index is 2.66. The van der Waals surface area contributed by atoms with Gasteiger partial charge in [0.15, 0.2) is 0 Å². The maximum atomic E-state index is 10.4. The molecule has 1 aromatic rings. The Kier molecular flexibility index (Phi) is 4.92. The molecule has 1 heterocycles. The van der Waals surface area contributed by atoms with Gasteiger partial charge >= 0.3 is 0 Å². The van der Waals surface area contributed by atoms with E-state index in [4.69, 9.17) is 10.5 Å². The molecule has 0 aliphatic heterocycles. The van der Waals surface area contributed by atoms with Gasteiger partial charge in [0.05, 0.1) is 12.2 Å². The Morgan fingerprint density at radius 1 is 1.62 bits per heavy atom. The van der Waals surface area contributed by atoms with Crippen LogP contribution in [0.1, 0.15) is 18.7 Å². The Hall–Kier alpha value is -0.910. The Morgan fingerprint density at radius 2 is 2.38 bits per heavy atom. The number of aromatic nitrogens is 2. The average molecular weight is 227 g/mol. The molecule has 5 nitrogen and oxygen atoms in total. The highest BCUT2D eigenvalue weighted by Crippen LogP contribution is 2.18. The zero-order chi connectivity index (χ0) is 12.0. The van der Waals surface area contributed by atoms with Gasteiger partial charge in [0.25, 0.3) is 0 Å². The van der Waals surface area contributed by atoms with E-state index in [2.05, 4.69) is 4.98 Å². The lowest BCUT2D eigenvalue weighted by atomic mass is 9.94. The van der Waals surface area contributed by atoms with Crippen molar-refractivity contribution in [1.29, 1.82) is 0 Å². The van der Waals surface area contributed by atoms with Crippen LogP contribution in [0.3, 0.4) is 0 Å². The molecule has 0 spiro atoms. The third kappa shape index (κ3) is 3.59. The fraction of sp³-hybridized carbons (Fsp3) is 0.727. The predicted octanol–water partition coefficient (Wildman–Crippen LogP) is 0.0790. The first kappa shape index (κ1) is 13.2. The minimum absolute atomic E-state index is 0.305. The molecule has 0 fully saturated rings. The van der Waals surface area contributed by atoms with Crippen molar-refractivity contribution in [3.63, 3.8) is 0 Å². The summed E-state index contributed by atoms with van der Waals surface area (Å²) in [4.78, 5) is 4.21. The van der Waals surface area contributed by atoms with E-state index in [1.165, 1.54) is 0 Å². The molecule has 0 aliphatic carbocycles. The smallest absolute Gasteiger partial charge is 0.111 e. The summed E-state index contributed by atoms with van der Waals surface area (Å²) in [5.41, 5.74) is 4.59. The van der Waals surface area contributed by atoms with E-state index >= 15 is 0 Å². The summed E-state index contributed by atoms with van der Waals surface area (Å²) >= 11 is 0. The minimum atomic E-state index is -0.868. The van der Waals surface area contributed by atoms with Gasteiger partial charge in [-0.05, 0) is 19.4 Å². The number of hydrogen-bond acceptors (Lipinski definition) is 4. The Bertz CT molecular complexity index is 314. The second kappa shape index (κ2) is 5.98. The number of hydrogen-bond donors (Lipinski definition) is 2. The van der Waals surface area contributed by atoms with E-state index in [0.29, 0.717) is 26.0 Å². The molecule has 1 unspecified atom stereocenters. The number of aryl methyl sites for hydroxylation is 1. The van der Waals surface area contributed by atoms with Crippen molar-refractivity contribution in [1.82, 2.24) is 9.55 Å². The quantitative estimate of drug-likeness (QED) is 0.692. The fourth-order valence-electron chi connectivity index (χ4n) is 1.77. The van der Waals surface area contributed by atoms with Crippen molar-refractivity contribution >= 4 is 0 Å². The molecule has 0 saturated heterocycles. The van der Waals surface area contributed by atoms with Crippen molar-refractivity contribution in [2.24, 2.45) is 12.8 Å². The zero-order valence-electron chi connectivity index (χ0n) is 10.0. The number of aliphatic hydroxyl groups is 1. The molecule has 0 amide bonds. The van der Waals surface area contributed by atoms with Crippen LogP contribution in [0.2, 0.25) is 0 Å². The van der Waals surface area contributed by atoms with Crippen molar-refractivity contribution in [2.45, 2.75) is 24.9 Å². The largest absolute Gasteiger partial charge is 0.387 e. The monoisotopic (exact) mass is 227 g/mol. The summed E-state index contributed by atoms with van der Waals surface area (Å²) in [5.74, 6) is 0.858. The number of methoxy groups -OCH3 is 1. The molecule has 0 saturated carbocycles. The van der Waals surface area contributed by atoms with E-state index < -0.39 is 5.60 Å². The maximum Gasteiger partial charge on any atom is 0.111 e. The van der Waals surface area contributed by atoms with Gasteiger partial charge in [0.1, 0.15) is 5.82 Å². The maximum absolute atomic E-state index is 10.4. The molecular formula is C11H21N3O2. The Labute approximate surface area is 96.2 Å². The van der Waals surface area contributed by atoms with Crippen LogP contribution in [0.4, 0.5) is 0 Å². The second-order valence-corrected chi connectivity index (χ2v) is 4.18. The first-order valence-corrected chi connectivity index (χ1v) is 5.49. The number of nitrogens with zero attached hydrogens (tertiary/aromatic N) is 2. The van der Waals surface area contributed by atoms with Crippen molar-refractivity contribution in [3.8, 4) is 0 Å². The van der Waals surface area contributed by atoms with Gasteiger partial charge in [-0.3, -0.25) is 0 Å². The van der Waals surface area contributed by atoms with Crippen molar-refractivity contribution in [3.05, 3.63) is 18.2 Å². The zero-order valence-corrected chi connectivity index (χ0v) is 10.0. The molecule has 3 N–H and O–H groups in total. The van der Waals surface area contributed by atoms with Crippen molar-refractivity contribution in [2.75, 3.05) is 20.3 Å². The molecule has 0 aliphatic rings. The normalized spacial score (nSPS) is 15.0. The van der Waals surface area contributed by atoms with E-state index in [-0.39, 0.29) is 0 Å². The predicted molar refractivity (Wildman–Crippen MR) is 62.0 cm³/mol. The lowest BCUT2D eigenvalue weighted by molar-refractivity contribution is -0.0391. The summed E-state index contributed by atoms with van der Waals surface area (Å²) in [5, 5.41) is 10.4. The lowest BCUT2D eigenvalue weighted by Crippen LogP contribution is -2.38. The van der Waals surface area contributed by atoms with Crippen LogP contribution in [-0.4, -0.2) is 40.5 Å². The van der Waals surface area contributed by atoms with E-state index in [0.717, 1.165) is 12.2 Å². The standard InChI is InChI=1S/C11H21N3O2/c1-14-7-6-13-10(14)8-11(15,9-16-2)4-3-5-12/h6-7,15H,3-5,8-9,12H2,1-2H3. The summed E-state index contributed by atoms with van der Waals surface area (Å²) < 4.78 is 6.97. The fourth-order valence-corrected chi connectivity index (χ4v) is 1.77. The molecule has 1 rings (SSSR count). The summed E-state index contributed by atoms with van der Waals surface area (Å²) in [6.45, 7) is 0.881. The van der Waals surface area contributed by atoms with E-state index in [1.807, 2.05) is 17.8 Å². The van der Waals surface area contributed by atoms with Crippen LogP contribution in [-0.2, 0) is 18.2 Å². The highest BCUT2D eigenvalue weighted by Gasteiger charge is 2.28. The molecule has 92 valence electrons. The van der Waals surface area contributed by atoms with Gasteiger partial charge in [-0.15, -0.1) is 0 Å². The minimum Gasteiger partial charge on any atom is -0.387 e. The third-order valence-electron chi connectivity index (χ3n) is 2.67. The van der Waals surface area contributed by atoms with Gasteiger partial charge in [-0.1, -0.05) is 0 Å². The molecule has 0 aromatic carbocycles. The van der Waals surface area contributed by atoms with Gasteiger partial charge in [-0.25, -0.2) is 4.98 Å². The molecule has 0 bridgehead atoms. The SMILES string of the molecule is COCC(O)(CCCN)Cc1nccn1C. The summed E-state index contributed by atoms with van der Waals surface area (Å²) in [6.07, 6.45) is 5.50. The highest BCUT2D eigenvalue weighted by atomic mass is 16.5. The van der Waals surface area contributed by atoms with Gasteiger partial charge in [0, 0.05) is 33.0 Å². The van der Waals surface area contributed by atoms with Crippen LogP contribution in [0, 0.1) is 0 Å². The number of imidazole rings is 1. The first-order chi connectivity index (χ1) is 7.61. The molecule has 16 heavy (non-hydrogen) atoms. The van der Waals surface area contributed by atoms with Gasteiger partial charge in [0.2, 0.25) is 0 Å². The summed E-state index contributed by atoms with van der Waals surface area (Å²) in [6, 6.07) is 0. The van der Waals surface area contributed by atoms with Crippen LogP contribution in [0.15, 0.2) is 12.4 Å². The number of rotatable bonds is 7. The average Bonchev–Trinajstić information content (AvgIpc) is 2.62. The van der Waals surface area contributed by atoms with E-state index in [9.17, 15) is 5.11 Å². The number of ether oxygens (including phenoxy) is 1. The van der Waals surface area contributed by atoms with Gasteiger partial charge in [-0.2, -0.15) is 0 Å². The lowest BCUT2D eigenvalue weighted by Gasteiger charge is -2.26. The van der Waals surface area contributed by atoms with Crippen LogP contribution >= 0.6 is 0 Å². The van der Waals surface area contributed by atoms with Crippen LogP contribution in [0.25, 0.3) is 0 Å².